The van der Waals surface area contributed by atoms with Gasteiger partial charge in [0.05, 0.1) is 17.6 Å². The van der Waals surface area contributed by atoms with Crippen molar-refractivity contribution in [2.24, 2.45) is 5.41 Å². The smallest absolute Gasteiger partial charge is 0.349 e. The van der Waals surface area contributed by atoms with Gasteiger partial charge in [0.15, 0.2) is 11.5 Å². The van der Waals surface area contributed by atoms with Crippen LogP contribution in [0.2, 0.25) is 0 Å². The largest absolute Gasteiger partial charge is 0.465 e. The molecule has 1 aromatic rings. The topological polar surface area (TPSA) is 107 Å². The fourth-order valence-corrected chi connectivity index (χ4v) is 3.59. The van der Waals surface area contributed by atoms with Crippen molar-refractivity contribution in [2.75, 3.05) is 6.61 Å². The molecule has 2 heterocycles. The fourth-order valence-electron chi connectivity index (χ4n) is 3.59. The summed E-state index contributed by atoms with van der Waals surface area (Å²) in [6, 6.07) is 7.18. The molecule has 1 atom stereocenters. The zero-order valence-electron chi connectivity index (χ0n) is 16.3. The van der Waals surface area contributed by atoms with E-state index in [1.54, 1.807) is 29.7 Å². The molecule has 1 unspecified atom stereocenters. The molecule has 9 heteroatoms. The van der Waals surface area contributed by atoms with Crippen molar-refractivity contribution in [1.82, 2.24) is 19.5 Å². The molecular weight excluding hydrogens is 359 g/mol. The second-order valence-electron chi connectivity index (χ2n) is 7.96. The Hall–Kier alpha value is -2.97. The third kappa shape index (κ3) is 3.83. The van der Waals surface area contributed by atoms with Crippen LogP contribution in [0.4, 0.5) is 0 Å². The molecule has 0 aromatic heterocycles. The first kappa shape index (κ1) is 19.8. The molecule has 2 aliphatic rings. The lowest BCUT2D eigenvalue weighted by molar-refractivity contribution is -0.144. The number of carbonyl (C=O) groups excluding carboxylic acids is 1. The molecule has 0 saturated carbocycles. The Balaban J connectivity index is 2.23. The molecule has 0 aliphatic carbocycles. The number of benzene rings is 1. The van der Waals surface area contributed by atoms with Crippen molar-refractivity contribution in [3.05, 3.63) is 45.1 Å². The number of aromatic amines is 1. The number of aromatic nitrogens is 4. The lowest BCUT2D eigenvalue weighted by atomic mass is 9.68. The first-order valence-corrected chi connectivity index (χ1v) is 8.85. The third-order valence-electron chi connectivity index (χ3n) is 4.43. The molecule has 3 rings (SSSR count). The number of esters is 1. The SMILES string of the molecule is [B]C(C)(CC(C)(C)COC(C)=O)n1c2nc(=O)[nH]c(=O)c-2nc2ccccc21. The van der Waals surface area contributed by atoms with Crippen LogP contribution in [0.15, 0.2) is 33.9 Å². The van der Waals surface area contributed by atoms with Crippen LogP contribution in [0.1, 0.15) is 34.1 Å². The summed E-state index contributed by atoms with van der Waals surface area (Å²) in [6.07, 6.45) is 0.379. The van der Waals surface area contributed by atoms with Crippen LogP contribution in [0.5, 0.6) is 0 Å². The molecule has 0 amide bonds. The molecule has 0 bridgehead atoms. The van der Waals surface area contributed by atoms with Crippen molar-refractivity contribution in [2.45, 2.75) is 39.6 Å². The van der Waals surface area contributed by atoms with Crippen LogP contribution < -0.4 is 11.2 Å². The van der Waals surface area contributed by atoms with Gasteiger partial charge in [0.1, 0.15) is 7.85 Å². The zero-order valence-corrected chi connectivity index (χ0v) is 16.3. The number of fused-ring (bicyclic) bond motifs is 2. The van der Waals surface area contributed by atoms with Gasteiger partial charge >= 0.3 is 11.7 Å². The van der Waals surface area contributed by atoms with Gasteiger partial charge in [-0.25, -0.2) is 9.78 Å². The van der Waals surface area contributed by atoms with Crippen LogP contribution in [0, 0.1) is 5.41 Å². The summed E-state index contributed by atoms with van der Waals surface area (Å²) in [5.74, 6) is -0.260. The number of carbonyl (C=O) groups is 1. The van der Waals surface area contributed by atoms with Crippen LogP contribution in [0.25, 0.3) is 22.6 Å². The monoisotopic (exact) mass is 380 g/mol. The Kier molecular flexibility index (Phi) is 4.87. The standard InChI is InChI=1S/C19H21BN4O4/c1-11(25)28-10-18(2,3)9-19(4,20)24-13-8-6-5-7-12(13)21-14-15(24)22-17(27)23-16(14)26/h5-8H,9-10H2,1-4H3,(H,23,26,27). The van der Waals surface area contributed by atoms with Crippen LogP contribution in [0.3, 0.4) is 0 Å². The summed E-state index contributed by atoms with van der Waals surface area (Å²) < 4.78 is 6.83. The summed E-state index contributed by atoms with van der Waals surface area (Å²) >= 11 is 0. The Bertz CT molecular complexity index is 1130. The minimum atomic E-state index is -1.06. The highest BCUT2D eigenvalue weighted by molar-refractivity contribution is 6.14. The molecule has 28 heavy (non-hydrogen) atoms. The minimum Gasteiger partial charge on any atom is -0.465 e. The summed E-state index contributed by atoms with van der Waals surface area (Å²) in [5.41, 5.74) is -1.69. The van der Waals surface area contributed by atoms with E-state index in [2.05, 4.69) is 15.0 Å². The number of nitrogens with zero attached hydrogens (tertiary/aromatic N) is 3. The van der Waals surface area contributed by atoms with Crippen molar-refractivity contribution in [3.8, 4) is 11.5 Å². The summed E-state index contributed by atoms with van der Waals surface area (Å²) in [7, 11) is 6.70. The molecule has 144 valence electrons. The lowest BCUT2D eigenvalue weighted by Gasteiger charge is -2.39. The zero-order chi connectivity index (χ0) is 20.7. The van der Waals surface area contributed by atoms with E-state index in [0.29, 0.717) is 17.5 Å². The van der Waals surface area contributed by atoms with E-state index in [-0.39, 0.29) is 24.1 Å². The van der Waals surface area contributed by atoms with E-state index in [0.717, 1.165) is 0 Å². The molecule has 1 aromatic carbocycles. The Morgan fingerprint density at radius 1 is 1.21 bits per heavy atom. The minimum absolute atomic E-state index is 0.0350. The number of hydrogen-bond acceptors (Lipinski definition) is 6. The van der Waals surface area contributed by atoms with Gasteiger partial charge in [-0.05, 0) is 25.5 Å². The highest BCUT2D eigenvalue weighted by Gasteiger charge is 2.34. The van der Waals surface area contributed by atoms with Gasteiger partial charge < -0.3 is 9.30 Å². The summed E-state index contributed by atoms with van der Waals surface area (Å²) in [5, 5.41) is 0. The van der Waals surface area contributed by atoms with E-state index in [9.17, 15) is 14.4 Å². The van der Waals surface area contributed by atoms with Gasteiger partial charge in [0, 0.05) is 17.8 Å². The summed E-state index contributed by atoms with van der Waals surface area (Å²) in [6.45, 7) is 7.15. The first-order chi connectivity index (χ1) is 13.0. The second-order valence-corrected chi connectivity index (χ2v) is 7.96. The van der Waals surface area contributed by atoms with E-state index >= 15 is 0 Å². The molecule has 2 radical (unpaired) electrons. The lowest BCUT2D eigenvalue weighted by Crippen LogP contribution is -2.41. The number of H-pyrrole nitrogens is 1. The number of para-hydroxylation sites is 2. The quantitative estimate of drug-likeness (QED) is 0.407. The third-order valence-corrected chi connectivity index (χ3v) is 4.43. The molecule has 1 N–H and O–H groups in total. The number of hydrogen-bond donors (Lipinski definition) is 1. The molecule has 2 aliphatic heterocycles. The average molecular weight is 380 g/mol. The highest BCUT2D eigenvalue weighted by Crippen LogP contribution is 2.35. The van der Waals surface area contributed by atoms with E-state index in [4.69, 9.17) is 12.6 Å². The predicted molar refractivity (Wildman–Crippen MR) is 105 cm³/mol. The Morgan fingerprint density at radius 3 is 2.57 bits per heavy atom. The van der Waals surface area contributed by atoms with Gasteiger partial charge in [0.2, 0.25) is 0 Å². The normalized spacial score (nSPS) is 14.1. The predicted octanol–water partition coefficient (Wildman–Crippen LogP) is 1.41. The van der Waals surface area contributed by atoms with Crippen LogP contribution >= 0.6 is 0 Å². The van der Waals surface area contributed by atoms with Crippen molar-refractivity contribution in [3.63, 3.8) is 0 Å². The van der Waals surface area contributed by atoms with Crippen molar-refractivity contribution in [1.29, 1.82) is 0 Å². The van der Waals surface area contributed by atoms with Gasteiger partial charge in [-0.15, -0.1) is 0 Å². The maximum atomic E-state index is 12.3. The van der Waals surface area contributed by atoms with E-state index in [1.807, 2.05) is 19.9 Å². The van der Waals surface area contributed by atoms with Gasteiger partial charge in [-0.1, -0.05) is 26.0 Å². The van der Waals surface area contributed by atoms with Gasteiger partial charge in [0.25, 0.3) is 5.56 Å². The van der Waals surface area contributed by atoms with Gasteiger partial charge in [-0.2, -0.15) is 4.98 Å². The number of nitrogens with one attached hydrogen (secondary N) is 1. The maximum absolute atomic E-state index is 12.3. The van der Waals surface area contributed by atoms with E-state index < -0.39 is 22.1 Å². The van der Waals surface area contributed by atoms with Crippen molar-refractivity contribution >= 4 is 24.8 Å². The van der Waals surface area contributed by atoms with Gasteiger partial charge in [-0.3, -0.25) is 14.6 Å². The summed E-state index contributed by atoms with van der Waals surface area (Å²) in [4.78, 5) is 45.9. The first-order valence-electron chi connectivity index (χ1n) is 8.85. The fraction of sp³-hybridized carbons (Fsp3) is 0.421. The van der Waals surface area contributed by atoms with E-state index in [1.165, 1.54) is 6.92 Å². The molecule has 8 nitrogen and oxygen atoms in total. The molecule has 0 fully saturated rings. The molecule has 0 saturated heterocycles. The average Bonchev–Trinajstić information content (AvgIpc) is 2.57. The van der Waals surface area contributed by atoms with Crippen molar-refractivity contribution < 1.29 is 9.53 Å². The highest BCUT2D eigenvalue weighted by atomic mass is 16.5. The van der Waals surface area contributed by atoms with Crippen LogP contribution in [-0.2, 0) is 15.0 Å². The number of rotatable bonds is 5. The Labute approximate surface area is 162 Å². The molecule has 0 spiro atoms. The second kappa shape index (κ2) is 6.89. The maximum Gasteiger partial charge on any atom is 0.349 e. The Morgan fingerprint density at radius 2 is 1.89 bits per heavy atom. The number of ether oxygens (including phenoxy) is 1. The van der Waals surface area contributed by atoms with Crippen LogP contribution in [-0.4, -0.2) is 39.9 Å². The molecular formula is C19H21BN4O4.